The van der Waals surface area contributed by atoms with Crippen LogP contribution in [0.3, 0.4) is 0 Å². The molecule has 96 valence electrons. The van der Waals surface area contributed by atoms with Crippen LogP contribution in [0, 0.1) is 0 Å². The summed E-state index contributed by atoms with van der Waals surface area (Å²) in [7, 11) is 0. The maximum Gasteiger partial charge on any atom is 0.148 e. The maximum absolute atomic E-state index is 9.14. The minimum atomic E-state index is -0.125. The fourth-order valence-corrected chi connectivity index (χ4v) is 2.49. The normalized spacial score (nSPS) is 26.1. The molecule has 8 heteroatoms. The number of anilines is 1. The molecule has 1 fully saturated rings. The van der Waals surface area contributed by atoms with Gasteiger partial charge in [-0.2, -0.15) is 0 Å². The largest absolute Gasteiger partial charge is 0.394 e. The zero-order valence-electron chi connectivity index (χ0n) is 9.67. The summed E-state index contributed by atoms with van der Waals surface area (Å²) in [4.78, 5) is 2.19. The number of hydrazine groups is 1. The number of aliphatic hydroxyl groups is 1. The summed E-state index contributed by atoms with van der Waals surface area (Å²) in [5.41, 5.74) is 3.42. The van der Waals surface area contributed by atoms with E-state index in [2.05, 4.69) is 19.9 Å². The fraction of sp³-hybridized carbons (Fsp3) is 0.778. The molecule has 2 unspecified atom stereocenters. The van der Waals surface area contributed by atoms with Crippen LogP contribution in [0.15, 0.2) is 0 Å². The predicted molar refractivity (Wildman–Crippen MR) is 64.4 cm³/mol. The third-order valence-corrected chi connectivity index (χ3v) is 3.37. The van der Waals surface area contributed by atoms with Crippen molar-refractivity contribution < 1.29 is 9.84 Å². The minimum absolute atomic E-state index is 0.0398. The van der Waals surface area contributed by atoms with Gasteiger partial charge in [-0.15, -0.1) is 5.10 Å². The second-order valence-corrected chi connectivity index (χ2v) is 4.89. The van der Waals surface area contributed by atoms with Crippen molar-refractivity contribution in [1.82, 2.24) is 14.5 Å². The second-order valence-electron chi connectivity index (χ2n) is 4.14. The number of hydrogen-bond donors (Lipinski definition) is 3. The summed E-state index contributed by atoms with van der Waals surface area (Å²) in [6, 6.07) is 0. The first kappa shape index (κ1) is 12.7. The van der Waals surface area contributed by atoms with E-state index in [1.807, 2.05) is 6.92 Å². The summed E-state index contributed by atoms with van der Waals surface area (Å²) in [5.74, 6) is 5.38. The van der Waals surface area contributed by atoms with Crippen molar-refractivity contribution in [3.8, 4) is 0 Å². The molecule has 0 spiro atoms. The zero-order valence-corrected chi connectivity index (χ0v) is 10.5. The van der Waals surface area contributed by atoms with Crippen molar-refractivity contribution in [2.45, 2.75) is 25.7 Å². The number of morpholine rings is 1. The van der Waals surface area contributed by atoms with Crippen LogP contribution in [-0.4, -0.2) is 51.5 Å². The lowest BCUT2D eigenvalue weighted by molar-refractivity contribution is -0.0974. The summed E-state index contributed by atoms with van der Waals surface area (Å²) in [6.45, 7) is 4.22. The van der Waals surface area contributed by atoms with Gasteiger partial charge in [-0.3, -0.25) is 4.90 Å². The highest BCUT2D eigenvalue weighted by Crippen LogP contribution is 2.20. The molecule has 2 rings (SSSR count). The molecule has 1 aromatic rings. The van der Waals surface area contributed by atoms with E-state index in [1.54, 1.807) is 0 Å². The van der Waals surface area contributed by atoms with Gasteiger partial charge in [-0.1, -0.05) is 4.49 Å². The standard InChI is InChI=1S/C9H17N5O2S/c1-6-2-14(3-7(5-15)16-6)4-8-9(11-10)17-13-12-8/h6-7,11,15H,2-5,10H2,1H3. The Kier molecular flexibility index (Phi) is 4.24. The number of hydrogen-bond acceptors (Lipinski definition) is 8. The highest BCUT2D eigenvalue weighted by Gasteiger charge is 2.25. The molecule has 1 aliphatic heterocycles. The first-order valence-electron chi connectivity index (χ1n) is 5.49. The van der Waals surface area contributed by atoms with Crippen LogP contribution in [0.1, 0.15) is 12.6 Å². The summed E-state index contributed by atoms with van der Waals surface area (Å²) < 4.78 is 9.43. The molecule has 4 N–H and O–H groups in total. The SMILES string of the molecule is CC1CN(Cc2nnsc2NN)CC(CO)O1. The van der Waals surface area contributed by atoms with E-state index in [4.69, 9.17) is 15.7 Å². The van der Waals surface area contributed by atoms with Crippen molar-refractivity contribution in [2.24, 2.45) is 5.84 Å². The van der Waals surface area contributed by atoms with E-state index in [0.29, 0.717) is 13.1 Å². The van der Waals surface area contributed by atoms with Crippen LogP contribution in [0.25, 0.3) is 0 Å². The number of nitrogens with two attached hydrogens (primary N) is 1. The third kappa shape index (κ3) is 3.11. The van der Waals surface area contributed by atoms with Crippen LogP contribution in [0.4, 0.5) is 5.00 Å². The fourth-order valence-electron chi connectivity index (χ4n) is 2.00. The topological polar surface area (TPSA) is 96.5 Å². The lowest BCUT2D eigenvalue weighted by Gasteiger charge is -2.35. The molecule has 1 saturated heterocycles. The Hall–Kier alpha value is -0.800. The van der Waals surface area contributed by atoms with E-state index in [1.165, 1.54) is 11.5 Å². The molecule has 2 atom stereocenters. The smallest absolute Gasteiger partial charge is 0.148 e. The number of nitrogens with one attached hydrogen (secondary N) is 1. The summed E-state index contributed by atoms with van der Waals surface area (Å²) in [6.07, 6.45) is -0.0126. The van der Waals surface area contributed by atoms with Crippen molar-refractivity contribution in [2.75, 3.05) is 25.1 Å². The molecule has 0 saturated carbocycles. The van der Waals surface area contributed by atoms with Gasteiger partial charge in [0.05, 0.1) is 18.8 Å². The highest BCUT2D eigenvalue weighted by molar-refractivity contribution is 7.10. The van der Waals surface area contributed by atoms with E-state index in [9.17, 15) is 0 Å². The van der Waals surface area contributed by atoms with Crippen molar-refractivity contribution >= 4 is 16.5 Å². The van der Waals surface area contributed by atoms with Gasteiger partial charge in [0.15, 0.2) is 0 Å². The minimum Gasteiger partial charge on any atom is -0.394 e. The Labute approximate surface area is 104 Å². The maximum atomic E-state index is 9.14. The molecule has 0 aromatic carbocycles. The Morgan fingerprint density at radius 2 is 2.47 bits per heavy atom. The molecule has 0 radical (unpaired) electrons. The quantitative estimate of drug-likeness (QED) is 0.491. The van der Waals surface area contributed by atoms with Crippen molar-refractivity contribution in [3.05, 3.63) is 5.69 Å². The van der Waals surface area contributed by atoms with Crippen molar-refractivity contribution in [1.29, 1.82) is 0 Å². The molecule has 17 heavy (non-hydrogen) atoms. The molecule has 0 bridgehead atoms. The Morgan fingerprint density at radius 3 is 3.18 bits per heavy atom. The van der Waals surface area contributed by atoms with Gasteiger partial charge < -0.3 is 15.3 Å². The van der Waals surface area contributed by atoms with E-state index >= 15 is 0 Å². The average Bonchev–Trinajstić information content (AvgIpc) is 2.75. The number of rotatable bonds is 4. The van der Waals surface area contributed by atoms with Gasteiger partial charge in [-0.05, 0) is 6.92 Å². The molecule has 0 aliphatic carbocycles. The molecule has 1 aliphatic rings. The summed E-state index contributed by atoms with van der Waals surface area (Å²) >= 11 is 1.24. The number of ether oxygens (including phenoxy) is 1. The monoisotopic (exact) mass is 259 g/mol. The third-order valence-electron chi connectivity index (χ3n) is 2.67. The van der Waals surface area contributed by atoms with Crippen molar-refractivity contribution in [3.63, 3.8) is 0 Å². The van der Waals surface area contributed by atoms with Crippen LogP contribution in [-0.2, 0) is 11.3 Å². The molecular formula is C9H17N5O2S. The molecule has 1 aromatic heterocycles. The number of nitrogen functional groups attached to an aromatic ring is 1. The molecule has 2 heterocycles. The lowest BCUT2D eigenvalue weighted by Crippen LogP contribution is -2.47. The molecular weight excluding hydrogens is 242 g/mol. The number of aromatic nitrogens is 2. The first-order valence-corrected chi connectivity index (χ1v) is 6.26. The van der Waals surface area contributed by atoms with Gasteiger partial charge >= 0.3 is 0 Å². The van der Waals surface area contributed by atoms with E-state index in [0.717, 1.165) is 17.2 Å². The van der Waals surface area contributed by atoms with Gasteiger partial charge in [-0.25, -0.2) is 5.84 Å². The van der Waals surface area contributed by atoms with Gasteiger partial charge in [0.25, 0.3) is 0 Å². The van der Waals surface area contributed by atoms with Crippen LogP contribution >= 0.6 is 11.5 Å². The Balaban J connectivity index is 1.98. The highest BCUT2D eigenvalue weighted by atomic mass is 32.1. The lowest BCUT2D eigenvalue weighted by atomic mass is 10.2. The second kappa shape index (κ2) is 5.69. The zero-order chi connectivity index (χ0) is 12.3. The summed E-state index contributed by atoms with van der Waals surface area (Å²) in [5, 5.41) is 14.0. The van der Waals surface area contributed by atoms with Crippen LogP contribution < -0.4 is 11.3 Å². The predicted octanol–water partition coefficient (Wildman–Crippen LogP) is -0.595. The van der Waals surface area contributed by atoms with Gasteiger partial charge in [0.1, 0.15) is 10.7 Å². The molecule has 0 amide bonds. The number of nitrogens with zero attached hydrogens (tertiary/aromatic N) is 3. The Morgan fingerprint density at radius 1 is 1.65 bits per heavy atom. The van der Waals surface area contributed by atoms with Crippen LogP contribution in [0.2, 0.25) is 0 Å². The van der Waals surface area contributed by atoms with Gasteiger partial charge in [0.2, 0.25) is 0 Å². The van der Waals surface area contributed by atoms with Gasteiger partial charge in [0, 0.05) is 31.2 Å². The van der Waals surface area contributed by atoms with E-state index in [-0.39, 0.29) is 18.8 Å². The molecule has 7 nitrogen and oxygen atoms in total. The van der Waals surface area contributed by atoms with Crippen LogP contribution in [0.5, 0.6) is 0 Å². The first-order chi connectivity index (χ1) is 8.22. The number of aliphatic hydroxyl groups excluding tert-OH is 1. The Bertz CT molecular complexity index is 361. The average molecular weight is 259 g/mol. The van der Waals surface area contributed by atoms with E-state index < -0.39 is 0 Å².